The lowest BCUT2D eigenvalue weighted by Crippen LogP contribution is -2.38. The van der Waals surface area contributed by atoms with Gasteiger partial charge in [0.05, 0.1) is 17.6 Å². The number of carbonyl (C=O) groups excluding carboxylic acids is 2. The average Bonchev–Trinajstić information content (AvgIpc) is 2.54. The van der Waals surface area contributed by atoms with Crippen LogP contribution in [0.4, 0.5) is 11.4 Å². The summed E-state index contributed by atoms with van der Waals surface area (Å²) in [6.07, 6.45) is 4.31. The van der Waals surface area contributed by atoms with E-state index in [-0.39, 0.29) is 18.9 Å². The van der Waals surface area contributed by atoms with Gasteiger partial charge in [-0.05, 0) is 44.4 Å². The molecule has 1 saturated heterocycles. The molecule has 0 unspecified atom stereocenters. The van der Waals surface area contributed by atoms with Crippen LogP contribution in [0.5, 0.6) is 0 Å². The molecule has 0 aromatic heterocycles. The van der Waals surface area contributed by atoms with Crippen LogP contribution in [-0.4, -0.2) is 45.6 Å². The number of hydrogen-bond acceptors (Lipinski definition) is 5. The van der Waals surface area contributed by atoms with Gasteiger partial charge in [0.25, 0.3) is 0 Å². The first-order valence-corrected chi connectivity index (χ1v) is 10.5. The largest absolute Gasteiger partial charge is 0.367 e. The molecule has 1 fully saturated rings. The Morgan fingerprint density at radius 2 is 2.04 bits per heavy atom. The normalized spacial score (nSPS) is 17.8. The minimum absolute atomic E-state index is 0.00955. The van der Waals surface area contributed by atoms with Crippen LogP contribution in [0.25, 0.3) is 0 Å². The zero-order valence-corrected chi connectivity index (χ0v) is 15.9. The number of nitrogens with zero attached hydrogens (tertiary/aromatic N) is 1. The van der Waals surface area contributed by atoms with Crippen molar-refractivity contribution in [3.8, 4) is 0 Å². The Labute approximate surface area is 154 Å². The Morgan fingerprint density at radius 3 is 2.65 bits per heavy atom. The van der Waals surface area contributed by atoms with Crippen LogP contribution in [0.3, 0.4) is 0 Å². The molecule has 1 heterocycles. The second-order valence-electron chi connectivity index (χ2n) is 6.60. The zero-order valence-electron chi connectivity index (χ0n) is 15.1. The number of nitrogens with two attached hydrogens (primary N) is 1. The second-order valence-corrected chi connectivity index (χ2v) is 8.43. The first kappa shape index (κ1) is 20.2. The average molecular weight is 382 g/mol. The van der Waals surface area contributed by atoms with Gasteiger partial charge < -0.3 is 16.0 Å². The number of carbonyl (C=O) groups is 2. The van der Waals surface area contributed by atoms with Gasteiger partial charge in [-0.1, -0.05) is 0 Å². The Bertz CT molecular complexity index is 779. The highest BCUT2D eigenvalue weighted by molar-refractivity contribution is 7.88. The Balaban J connectivity index is 2.19. The second kappa shape index (κ2) is 8.50. The van der Waals surface area contributed by atoms with Crippen LogP contribution in [-0.2, 0) is 14.8 Å². The van der Waals surface area contributed by atoms with E-state index in [1.807, 2.05) is 0 Å². The van der Waals surface area contributed by atoms with Crippen LogP contribution in [0.1, 0.15) is 43.0 Å². The fraction of sp³-hybridized carbons (Fsp3) is 0.529. The fourth-order valence-corrected chi connectivity index (χ4v) is 3.53. The molecule has 1 aromatic rings. The summed E-state index contributed by atoms with van der Waals surface area (Å²) in [5.41, 5.74) is 7.02. The molecule has 2 rings (SSSR count). The maximum atomic E-state index is 12.2. The van der Waals surface area contributed by atoms with Crippen LogP contribution >= 0.6 is 0 Å². The van der Waals surface area contributed by atoms with Crippen molar-refractivity contribution in [2.45, 2.75) is 38.6 Å². The number of primary amides is 1. The fourth-order valence-electron chi connectivity index (χ4n) is 3.06. The Kier molecular flexibility index (Phi) is 6.60. The van der Waals surface area contributed by atoms with Crippen LogP contribution in [0, 0.1) is 0 Å². The van der Waals surface area contributed by atoms with Gasteiger partial charge in [0.15, 0.2) is 0 Å². The molecular weight excluding hydrogens is 356 g/mol. The summed E-state index contributed by atoms with van der Waals surface area (Å²) in [6.45, 7) is 3.01. The van der Waals surface area contributed by atoms with Gasteiger partial charge >= 0.3 is 0 Å². The molecule has 0 aliphatic carbocycles. The van der Waals surface area contributed by atoms with E-state index in [4.69, 9.17) is 5.73 Å². The van der Waals surface area contributed by atoms with Crippen molar-refractivity contribution in [1.29, 1.82) is 0 Å². The summed E-state index contributed by atoms with van der Waals surface area (Å²) < 4.78 is 24.5. The molecule has 0 radical (unpaired) electrons. The van der Waals surface area contributed by atoms with Gasteiger partial charge in [0.2, 0.25) is 21.8 Å². The highest BCUT2D eigenvalue weighted by atomic mass is 32.2. The van der Waals surface area contributed by atoms with E-state index in [0.29, 0.717) is 17.3 Å². The summed E-state index contributed by atoms with van der Waals surface area (Å²) >= 11 is 0. The third-order valence-corrected chi connectivity index (χ3v) is 5.11. The summed E-state index contributed by atoms with van der Waals surface area (Å²) in [7, 11) is -3.34. The molecule has 1 atom stereocenters. The van der Waals surface area contributed by atoms with Crippen molar-refractivity contribution in [3.05, 3.63) is 23.8 Å². The number of piperidine rings is 1. The molecular formula is C17H26N4O4S. The molecule has 8 nitrogen and oxygen atoms in total. The van der Waals surface area contributed by atoms with Crippen molar-refractivity contribution >= 4 is 33.2 Å². The minimum Gasteiger partial charge on any atom is -0.367 e. The van der Waals surface area contributed by atoms with Crippen LogP contribution in [0.2, 0.25) is 0 Å². The quantitative estimate of drug-likeness (QED) is 0.650. The van der Waals surface area contributed by atoms with E-state index >= 15 is 0 Å². The number of anilines is 2. The highest BCUT2D eigenvalue weighted by Crippen LogP contribution is 2.32. The monoisotopic (exact) mass is 382 g/mol. The lowest BCUT2D eigenvalue weighted by atomic mass is 10.0. The maximum Gasteiger partial charge on any atom is 0.248 e. The first-order chi connectivity index (χ1) is 12.2. The maximum absolute atomic E-state index is 12.2. The van der Waals surface area contributed by atoms with Crippen molar-refractivity contribution in [2.24, 2.45) is 5.73 Å². The minimum atomic E-state index is -3.34. The van der Waals surface area contributed by atoms with Crippen molar-refractivity contribution in [1.82, 2.24) is 4.72 Å². The lowest BCUT2D eigenvalue weighted by molar-refractivity contribution is -0.116. The van der Waals surface area contributed by atoms with Gasteiger partial charge in [0, 0.05) is 31.1 Å². The summed E-state index contributed by atoms with van der Waals surface area (Å²) in [5, 5.41) is 2.79. The summed E-state index contributed by atoms with van der Waals surface area (Å²) in [4.78, 5) is 25.9. The van der Waals surface area contributed by atoms with Gasteiger partial charge in [-0.15, -0.1) is 0 Å². The molecule has 26 heavy (non-hydrogen) atoms. The van der Waals surface area contributed by atoms with Gasteiger partial charge in [0.1, 0.15) is 0 Å². The number of rotatable bonds is 7. The molecule has 0 saturated carbocycles. The lowest BCUT2D eigenvalue weighted by Gasteiger charge is -2.36. The number of nitrogens with one attached hydrogen (secondary N) is 2. The number of amides is 2. The topological polar surface area (TPSA) is 122 Å². The SMILES string of the molecule is C[C@H]1CCCCN1c1ccc(C(N)=O)cc1NC(=O)CCNS(C)(=O)=O. The third-order valence-electron chi connectivity index (χ3n) is 4.38. The number of hydrogen-bond donors (Lipinski definition) is 3. The van der Waals surface area contributed by atoms with Crippen molar-refractivity contribution < 1.29 is 18.0 Å². The molecule has 2 amide bonds. The van der Waals surface area contributed by atoms with E-state index in [1.54, 1.807) is 18.2 Å². The molecule has 9 heteroatoms. The summed E-state index contributed by atoms with van der Waals surface area (Å²) in [6, 6.07) is 5.35. The third kappa shape index (κ3) is 5.70. The predicted octanol–water partition coefficient (Wildman–Crippen LogP) is 1.04. The van der Waals surface area contributed by atoms with Crippen LogP contribution in [0.15, 0.2) is 18.2 Å². The van der Waals surface area contributed by atoms with E-state index in [9.17, 15) is 18.0 Å². The molecule has 0 spiro atoms. The van der Waals surface area contributed by atoms with E-state index in [2.05, 4.69) is 21.9 Å². The number of sulfonamides is 1. The van der Waals surface area contributed by atoms with Crippen molar-refractivity contribution in [3.63, 3.8) is 0 Å². The highest BCUT2D eigenvalue weighted by Gasteiger charge is 2.22. The molecule has 0 bridgehead atoms. The standard InChI is InChI=1S/C17H26N4O4S/c1-12-5-3-4-10-21(12)15-7-6-13(17(18)23)11-14(15)20-16(22)8-9-19-26(2,24)25/h6-7,11-12,19H,3-5,8-10H2,1-2H3,(H2,18,23)(H,20,22)/t12-/m0/s1. The van der Waals surface area contributed by atoms with E-state index < -0.39 is 15.9 Å². The molecule has 1 aromatic carbocycles. The van der Waals surface area contributed by atoms with Crippen molar-refractivity contribution in [2.75, 3.05) is 29.6 Å². The molecule has 1 aliphatic rings. The van der Waals surface area contributed by atoms with Crippen LogP contribution < -0.4 is 20.7 Å². The van der Waals surface area contributed by atoms with Gasteiger partial charge in [-0.2, -0.15) is 0 Å². The predicted molar refractivity (Wildman–Crippen MR) is 102 cm³/mol. The van der Waals surface area contributed by atoms with E-state index in [1.165, 1.54) is 0 Å². The van der Waals surface area contributed by atoms with Gasteiger partial charge in [-0.25, -0.2) is 13.1 Å². The molecule has 144 valence electrons. The Hall–Kier alpha value is -2.13. The number of benzene rings is 1. The first-order valence-electron chi connectivity index (χ1n) is 8.62. The molecule has 1 aliphatic heterocycles. The Morgan fingerprint density at radius 1 is 1.31 bits per heavy atom. The zero-order chi connectivity index (χ0) is 19.3. The van der Waals surface area contributed by atoms with E-state index in [0.717, 1.165) is 37.8 Å². The molecule has 4 N–H and O–H groups in total. The smallest absolute Gasteiger partial charge is 0.248 e. The summed E-state index contributed by atoms with van der Waals surface area (Å²) in [5.74, 6) is -0.911. The van der Waals surface area contributed by atoms with Gasteiger partial charge in [-0.3, -0.25) is 9.59 Å².